The predicted molar refractivity (Wildman–Crippen MR) is 156 cm³/mol. The van der Waals surface area contributed by atoms with E-state index in [1.54, 1.807) is 0 Å². The van der Waals surface area contributed by atoms with E-state index in [0.29, 0.717) is 17.9 Å². The first-order chi connectivity index (χ1) is 18.3. The van der Waals surface area contributed by atoms with Crippen molar-refractivity contribution >= 4 is 33.4 Å². The topological polar surface area (TPSA) is 52.7 Å². The number of piperidine rings is 2. The molecule has 0 spiro atoms. The molecule has 2 aliphatic rings. The summed E-state index contributed by atoms with van der Waals surface area (Å²) in [5, 5.41) is 7.64. The van der Waals surface area contributed by atoms with Gasteiger partial charge in [-0.3, -0.25) is 14.5 Å². The van der Waals surface area contributed by atoms with E-state index in [-0.39, 0.29) is 23.8 Å². The first-order valence-corrected chi connectivity index (χ1v) is 14.6. The number of nitrogens with zero attached hydrogens (tertiary/aromatic N) is 2. The van der Waals surface area contributed by atoms with Gasteiger partial charge in [0.15, 0.2) is 0 Å². The van der Waals surface area contributed by atoms with Gasteiger partial charge in [-0.15, -0.1) is 0 Å². The van der Waals surface area contributed by atoms with E-state index in [0.717, 1.165) is 79.0 Å². The van der Waals surface area contributed by atoms with Crippen molar-refractivity contribution in [2.24, 2.45) is 17.8 Å². The van der Waals surface area contributed by atoms with Crippen LogP contribution in [-0.4, -0.2) is 59.9 Å². The molecular formula is C33H43N3O2. The minimum atomic E-state index is 0.0606. The van der Waals surface area contributed by atoms with E-state index in [4.69, 9.17) is 0 Å². The highest BCUT2D eigenvalue weighted by Crippen LogP contribution is 2.31. The van der Waals surface area contributed by atoms with Crippen LogP contribution in [0.3, 0.4) is 0 Å². The van der Waals surface area contributed by atoms with E-state index in [1.807, 2.05) is 24.3 Å². The zero-order chi connectivity index (χ0) is 26.8. The number of carbonyl (C=O) groups excluding carboxylic acids is 2. The molecule has 0 bridgehead atoms. The quantitative estimate of drug-likeness (QED) is 0.405. The van der Waals surface area contributed by atoms with Crippen LogP contribution in [0, 0.1) is 17.8 Å². The van der Waals surface area contributed by atoms with Gasteiger partial charge in [-0.05, 0) is 71.7 Å². The first kappa shape index (κ1) is 26.7. The molecule has 0 aliphatic carbocycles. The van der Waals surface area contributed by atoms with Crippen LogP contribution in [0.5, 0.6) is 0 Å². The molecule has 1 N–H and O–H groups in total. The molecule has 202 valence electrons. The maximum Gasteiger partial charge on any atom is 0.255 e. The van der Waals surface area contributed by atoms with Crippen molar-refractivity contribution in [2.75, 3.05) is 26.2 Å². The highest BCUT2D eigenvalue weighted by Gasteiger charge is 2.34. The largest absolute Gasteiger partial charge is 0.353 e. The lowest BCUT2D eigenvalue weighted by atomic mass is 9.90. The molecule has 2 aliphatic heterocycles. The van der Waals surface area contributed by atoms with Crippen molar-refractivity contribution in [3.63, 3.8) is 0 Å². The van der Waals surface area contributed by atoms with E-state index in [9.17, 15) is 9.59 Å². The number of rotatable bonds is 6. The molecule has 38 heavy (non-hydrogen) atoms. The number of fused-ring (bicyclic) bond motifs is 2. The van der Waals surface area contributed by atoms with Gasteiger partial charge >= 0.3 is 0 Å². The summed E-state index contributed by atoms with van der Waals surface area (Å²) in [5.74, 6) is 1.28. The molecule has 0 saturated carbocycles. The molecule has 0 aromatic heterocycles. The molecule has 3 aromatic carbocycles. The highest BCUT2D eigenvalue weighted by atomic mass is 16.2. The Kier molecular flexibility index (Phi) is 8.04. The molecule has 2 saturated heterocycles. The summed E-state index contributed by atoms with van der Waals surface area (Å²) in [4.78, 5) is 31.7. The second-order valence-electron chi connectivity index (χ2n) is 12.1. The minimum absolute atomic E-state index is 0.0606. The fourth-order valence-corrected chi connectivity index (χ4v) is 6.77. The molecule has 5 rings (SSSR count). The number of hydrogen-bond donors (Lipinski definition) is 1. The molecule has 0 radical (unpaired) electrons. The summed E-state index contributed by atoms with van der Waals surface area (Å²) in [7, 11) is 0. The van der Waals surface area contributed by atoms with Gasteiger partial charge in [0.2, 0.25) is 5.91 Å². The van der Waals surface area contributed by atoms with Gasteiger partial charge in [0, 0.05) is 31.7 Å². The molecule has 3 aromatic rings. The third-order valence-corrected chi connectivity index (χ3v) is 8.82. The molecule has 2 heterocycles. The van der Waals surface area contributed by atoms with Gasteiger partial charge in [-0.25, -0.2) is 0 Å². The van der Waals surface area contributed by atoms with Crippen molar-refractivity contribution in [3.05, 3.63) is 60.2 Å². The molecule has 5 heteroatoms. The monoisotopic (exact) mass is 513 g/mol. The average molecular weight is 514 g/mol. The van der Waals surface area contributed by atoms with Crippen LogP contribution in [0.1, 0.15) is 63.7 Å². The van der Waals surface area contributed by atoms with Crippen molar-refractivity contribution < 1.29 is 9.59 Å². The Morgan fingerprint density at radius 3 is 1.97 bits per heavy atom. The average Bonchev–Trinajstić information content (AvgIpc) is 2.94. The molecule has 2 fully saturated rings. The number of benzene rings is 3. The van der Waals surface area contributed by atoms with E-state index in [2.05, 4.69) is 73.1 Å². The van der Waals surface area contributed by atoms with E-state index >= 15 is 0 Å². The fraction of sp³-hybridized carbons (Fsp3) is 0.515. The van der Waals surface area contributed by atoms with E-state index < -0.39 is 0 Å². The first-order valence-electron chi connectivity index (χ1n) is 14.6. The van der Waals surface area contributed by atoms with Crippen molar-refractivity contribution in [1.82, 2.24) is 15.1 Å². The van der Waals surface area contributed by atoms with Crippen LogP contribution < -0.4 is 5.32 Å². The number of hydrogen-bond acceptors (Lipinski definition) is 3. The third kappa shape index (κ3) is 5.44. The third-order valence-electron chi connectivity index (χ3n) is 8.82. The van der Waals surface area contributed by atoms with Gasteiger partial charge in [0.1, 0.15) is 0 Å². The summed E-state index contributed by atoms with van der Waals surface area (Å²) < 4.78 is 0. The van der Waals surface area contributed by atoms with Crippen molar-refractivity contribution in [3.8, 4) is 0 Å². The molecular weight excluding hydrogens is 470 g/mol. The van der Waals surface area contributed by atoms with Crippen LogP contribution >= 0.6 is 0 Å². The summed E-state index contributed by atoms with van der Waals surface area (Å²) >= 11 is 0. The smallest absolute Gasteiger partial charge is 0.255 e. The normalized spacial score (nSPS) is 19.7. The Balaban J connectivity index is 1.25. The summed E-state index contributed by atoms with van der Waals surface area (Å²) in [6.07, 6.45) is 3.96. The number of nitrogens with one attached hydrogen (secondary N) is 1. The fourth-order valence-electron chi connectivity index (χ4n) is 6.77. The Hall–Kier alpha value is -2.92. The lowest BCUT2D eigenvalue weighted by molar-refractivity contribution is -0.128. The summed E-state index contributed by atoms with van der Waals surface area (Å²) in [5.41, 5.74) is 0.830. The maximum atomic E-state index is 13.9. The second-order valence-corrected chi connectivity index (χ2v) is 12.1. The highest BCUT2D eigenvalue weighted by molar-refractivity contribution is 6.18. The number of amides is 2. The molecule has 1 atom stereocenters. The maximum absolute atomic E-state index is 13.9. The van der Waals surface area contributed by atoms with Gasteiger partial charge in [0.25, 0.3) is 5.91 Å². The Labute approximate surface area is 227 Å². The molecule has 5 nitrogen and oxygen atoms in total. The Bertz CT molecular complexity index is 1230. The van der Waals surface area contributed by atoms with Crippen LogP contribution in [0.15, 0.2) is 54.6 Å². The van der Waals surface area contributed by atoms with Crippen LogP contribution in [0.4, 0.5) is 0 Å². The Morgan fingerprint density at radius 2 is 1.39 bits per heavy atom. The van der Waals surface area contributed by atoms with Crippen LogP contribution in [0.2, 0.25) is 0 Å². The SMILES string of the molecule is CC(C)C(NC(=O)C1CCCN(C2CCN(C(=O)c3c4ccccc4cc4ccccc34)CC2)C1)C(C)C. The lowest BCUT2D eigenvalue weighted by Crippen LogP contribution is -2.53. The van der Waals surface area contributed by atoms with E-state index in [1.165, 1.54) is 0 Å². The van der Waals surface area contributed by atoms with Gasteiger partial charge < -0.3 is 10.2 Å². The zero-order valence-electron chi connectivity index (χ0n) is 23.5. The molecule has 1 unspecified atom stereocenters. The second kappa shape index (κ2) is 11.4. The minimum Gasteiger partial charge on any atom is -0.353 e. The number of likely N-dealkylation sites (tertiary alicyclic amines) is 2. The van der Waals surface area contributed by atoms with Gasteiger partial charge in [-0.2, -0.15) is 0 Å². The van der Waals surface area contributed by atoms with Crippen LogP contribution in [0.25, 0.3) is 21.5 Å². The van der Waals surface area contributed by atoms with Gasteiger partial charge in [0.05, 0.1) is 11.5 Å². The summed E-state index contributed by atoms with van der Waals surface area (Å²) in [6, 6.07) is 19.3. The predicted octanol–water partition coefficient (Wildman–Crippen LogP) is 6.11. The Morgan fingerprint density at radius 1 is 0.816 bits per heavy atom. The van der Waals surface area contributed by atoms with Crippen molar-refractivity contribution in [1.29, 1.82) is 0 Å². The van der Waals surface area contributed by atoms with Crippen molar-refractivity contribution in [2.45, 2.75) is 65.5 Å². The zero-order valence-corrected chi connectivity index (χ0v) is 23.5. The molecule has 2 amide bonds. The lowest BCUT2D eigenvalue weighted by Gasteiger charge is -2.42. The summed E-state index contributed by atoms with van der Waals surface area (Å²) in [6.45, 7) is 12.2. The van der Waals surface area contributed by atoms with Crippen LogP contribution in [-0.2, 0) is 4.79 Å². The standard InChI is InChI=1S/C33H43N3O2/c1-22(2)31(23(3)4)34-32(37)26-12-9-17-36(21-26)27-15-18-35(19-16-27)33(38)30-28-13-7-5-10-24(28)20-25-11-6-8-14-29(25)30/h5-8,10-11,13-14,20,22-23,26-27,31H,9,12,15-19,21H2,1-4H3,(H,34,37). The number of carbonyl (C=O) groups is 2. The van der Waals surface area contributed by atoms with Gasteiger partial charge in [-0.1, -0.05) is 76.2 Å².